The number of rotatable bonds is 4. The Hall–Kier alpha value is -1.76. The molecule has 0 spiro atoms. The van der Waals surface area contributed by atoms with E-state index in [1.165, 1.54) is 12.1 Å². The van der Waals surface area contributed by atoms with E-state index in [4.69, 9.17) is 9.47 Å². The lowest BCUT2D eigenvalue weighted by molar-refractivity contribution is 0.111. The van der Waals surface area contributed by atoms with E-state index in [2.05, 4.69) is 0 Å². The lowest BCUT2D eigenvalue weighted by atomic mass is 9.99. The van der Waals surface area contributed by atoms with Crippen molar-refractivity contribution in [2.24, 2.45) is 5.41 Å². The Morgan fingerprint density at radius 1 is 1.04 bits per heavy atom. The van der Waals surface area contributed by atoms with Crippen molar-refractivity contribution in [3.63, 3.8) is 0 Å². The monoisotopic (exact) mass is 343 g/mol. The van der Waals surface area contributed by atoms with Crippen LogP contribution in [0.4, 0.5) is 4.79 Å². The molecule has 0 aliphatic carbocycles. The van der Waals surface area contributed by atoms with Crippen LogP contribution < -0.4 is 9.46 Å². The van der Waals surface area contributed by atoms with Gasteiger partial charge in [0.25, 0.3) is 10.0 Å². The fourth-order valence-electron chi connectivity index (χ4n) is 1.52. The molecule has 0 saturated carbocycles. The number of hydrogen-bond donors (Lipinski definition) is 1. The van der Waals surface area contributed by atoms with Gasteiger partial charge < -0.3 is 9.47 Å². The van der Waals surface area contributed by atoms with Gasteiger partial charge in [0.05, 0.1) is 11.5 Å². The molecule has 0 bridgehead atoms. The maximum atomic E-state index is 12.1. The van der Waals surface area contributed by atoms with Crippen LogP contribution >= 0.6 is 0 Å². The molecule has 1 amide bonds. The van der Waals surface area contributed by atoms with Crippen molar-refractivity contribution in [1.82, 2.24) is 4.72 Å². The summed E-state index contributed by atoms with van der Waals surface area (Å²) >= 11 is 0. The Bertz CT molecular complexity index is 637. The average molecular weight is 343 g/mol. The molecule has 1 aromatic rings. The van der Waals surface area contributed by atoms with Crippen molar-refractivity contribution in [3.05, 3.63) is 24.3 Å². The highest BCUT2D eigenvalue weighted by atomic mass is 32.2. The Kier molecular flexibility index (Phi) is 5.69. The summed E-state index contributed by atoms with van der Waals surface area (Å²) in [6.07, 6.45) is -0.991. The summed E-state index contributed by atoms with van der Waals surface area (Å²) in [7, 11) is -3.97. The minimum atomic E-state index is -3.97. The molecule has 1 aromatic carbocycles. The van der Waals surface area contributed by atoms with Gasteiger partial charge in [-0.15, -0.1) is 0 Å². The van der Waals surface area contributed by atoms with E-state index >= 15 is 0 Å². The van der Waals surface area contributed by atoms with Gasteiger partial charge in [-0.2, -0.15) is 0 Å². The predicted octanol–water partition coefficient (Wildman–Crippen LogP) is 3.32. The number of carbonyl (C=O) groups excluding carboxylic acids is 1. The van der Waals surface area contributed by atoms with Crippen LogP contribution in [0.5, 0.6) is 5.75 Å². The van der Waals surface area contributed by atoms with E-state index in [0.717, 1.165) is 0 Å². The van der Waals surface area contributed by atoms with E-state index in [1.807, 2.05) is 46.3 Å². The fourth-order valence-corrected chi connectivity index (χ4v) is 2.41. The lowest BCUT2D eigenvalue weighted by Crippen LogP contribution is -2.33. The van der Waals surface area contributed by atoms with Crippen LogP contribution in [0.3, 0.4) is 0 Å². The van der Waals surface area contributed by atoms with Gasteiger partial charge >= 0.3 is 6.09 Å². The van der Waals surface area contributed by atoms with Crippen molar-refractivity contribution in [1.29, 1.82) is 0 Å². The van der Waals surface area contributed by atoms with E-state index in [0.29, 0.717) is 5.75 Å². The van der Waals surface area contributed by atoms with Gasteiger partial charge in [-0.3, -0.25) is 0 Å². The van der Waals surface area contributed by atoms with Crippen LogP contribution in [0.2, 0.25) is 0 Å². The van der Waals surface area contributed by atoms with Crippen LogP contribution in [-0.4, -0.2) is 26.7 Å². The fraction of sp³-hybridized carbons (Fsp3) is 0.562. The summed E-state index contributed by atoms with van der Waals surface area (Å²) in [5.41, 5.74) is -0.623. The zero-order valence-electron chi connectivity index (χ0n) is 14.5. The second kappa shape index (κ2) is 6.78. The molecular formula is C16H25NO5S. The normalized spacial score (nSPS) is 12.6. The van der Waals surface area contributed by atoms with Crippen molar-refractivity contribution in [3.8, 4) is 5.75 Å². The van der Waals surface area contributed by atoms with Gasteiger partial charge in [-0.25, -0.2) is 17.9 Å². The zero-order valence-corrected chi connectivity index (χ0v) is 15.3. The molecule has 1 rings (SSSR count). The van der Waals surface area contributed by atoms with Crippen LogP contribution in [0.25, 0.3) is 0 Å². The summed E-state index contributed by atoms with van der Waals surface area (Å²) in [5.74, 6) is 0.548. The largest absolute Gasteiger partial charge is 0.488 e. The third-order valence-electron chi connectivity index (χ3n) is 2.41. The molecule has 0 aliphatic rings. The SMILES string of the molecule is CC(C)(C)COC(=O)NS(=O)(=O)c1ccc(OC(C)(C)C)cc1. The Labute approximate surface area is 138 Å². The minimum absolute atomic E-state index is 0.0357. The molecular weight excluding hydrogens is 318 g/mol. The summed E-state index contributed by atoms with van der Waals surface area (Å²) < 4.78 is 36.6. The molecule has 6 nitrogen and oxygen atoms in total. The predicted molar refractivity (Wildman–Crippen MR) is 87.9 cm³/mol. The third-order valence-corrected chi connectivity index (χ3v) is 3.74. The summed E-state index contributed by atoms with van der Waals surface area (Å²) in [6.45, 7) is 11.4. The van der Waals surface area contributed by atoms with Gasteiger partial charge in [0.15, 0.2) is 0 Å². The van der Waals surface area contributed by atoms with E-state index in [-0.39, 0.29) is 22.5 Å². The first-order valence-electron chi connectivity index (χ1n) is 7.27. The smallest absolute Gasteiger partial charge is 0.421 e. The van der Waals surface area contributed by atoms with Gasteiger partial charge in [0, 0.05) is 0 Å². The number of carbonyl (C=O) groups is 1. The molecule has 7 heteroatoms. The standard InChI is InChI=1S/C16H25NO5S/c1-15(2,3)11-21-14(18)17-23(19,20)13-9-7-12(8-10-13)22-16(4,5)6/h7-10H,11H2,1-6H3,(H,17,18). The molecule has 0 unspecified atom stereocenters. The van der Waals surface area contributed by atoms with Crippen molar-refractivity contribution in [2.75, 3.05) is 6.61 Å². The molecule has 0 aliphatic heterocycles. The number of amides is 1. The van der Waals surface area contributed by atoms with Gasteiger partial charge in [-0.1, -0.05) is 20.8 Å². The highest BCUT2D eigenvalue weighted by Gasteiger charge is 2.21. The Morgan fingerprint density at radius 2 is 1.57 bits per heavy atom. The number of benzene rings is 1. The first kappa shape index (κ1) is 19.3. The highest BCUT2D eigenvalue weighted by Crippen LogP contribution is 2.20. The van der Waals surface area contributed by atoms with Crippen LogP contribution in [0, 0.1) is 5.41 Å². The third kappa shape index (κ3) is 7.36. The second-order valence-electron chi connectivity index (χ2n) is 7.43. The summed E-state index contributed by atoms with van der Waals surface area (Å²) in [5, 5.41) is 0. The van der Waals surface area contributed by atoms with Crippen molar-refractivity contribution >= 4 is 16.1 Å². The van der Waals surface area contributed by atoms with Crippen molar-refractivity contribution < 1.29 is 22.7 Å². The first-order chi connectivity index (χ1) is 10.3. The van der Waals surface area contributed by atoms with Crippen molar-refractivity contribution in [2.45, 2.75) is 52.0 Å². The lowest BCUT2D eigenvalue weighted by Gasteiger charge is -2.21. The van der Waals surface area contributed by atoms with E-state index in [1.54, 1.807) is 12.1 Å². The van der Waals surface area contributed by atoms with Gasteiger partial charge in [0.2, 0.25) is 0 Å². The molecule has 0 aromatic heterocycles. The molecule has 0 heterocycles. The molecule has 0 radical (unpaired) electrons. The number of ether oxygens (including phenoxy) is 2. The van der Waals surface area contributed by atoms with Gasteiger partial charge in [-0.05, 0) is 50.5 Å². The molecule has 130 valence electrons. The van der Waals surface area contributed by atoms with Gasteiger partial charge in [0.1, 0.15) is 11.4 Å². The van der Waals surface area contributed by atoms with Crippen LogP contribution in [-0.2, 0) is 14.8 Å². The van der Waals surface area contributed by atoms with E-state index in [9.17, 15) is 13.2 Å². The van der Waals surface area contributed by atoms with E-state index < -0.39 is 16.1 Å². The molecule has 0 fully saturated rings. The highest BCUT2D eigenvalue weighted by molar-refractivity contribution is 7.90. The Morgan fingerprint density at radius 3 is 2.00 bits per heavy atom. The quantitative estimate of drug-likeness (QED) is 0.907. The number of sulfonamides is 1. The van der Waals surface area contributed by atoms with Crippen LogP contribution in [0.1, 0.15) is 41.5 Å². The topological polar surface area (TPSA) is 81.7 Å². The summed E-state index contributed by atoms with van der Waals surface area (Å²) in [4.78, 5) is 11.6. The number of hydrogen-bond acceptors (Lipinski definition) is 5. The maximum absolute atomic E-state index is 12.1. The zero-order chi connectivity index (χ0) is 17.9. The Balaban J connectivity index is 2.75. The minimum Gasteiger partial charge on any atom is -0.488 e. The second-order valence-corrected chi connectivity index (χ2v) is 9.11. The first-order valence-corrected chi connectivity index (χ1v) is 8.75. The molecule has 0 saturated heterocycles. The molecule has 23 heavy (non-hydrogen) atoms. The maximum Gasteiger partial charge on any atom is 0.421 e. The van der Waals surface area contributed by atoms with Crippen LogP contribution in [0.15, 0.2) is 29.2 Å². The average Bonchev–Trinajstić information content (AvgIpc) is 2.34. The molecule has 1 N–H and O–H groups in total. The molecule has 0 atom stereocenters. The summed E-state index contributed by atoms with van der Waals surface area (Å²) in [6, 6.07) is 5.83. The number of nitrogens with one attached hydrogen (secondary N) is 1.